The van der Waals surface area contributed by atoms with Crippen LogP contribution in [0, 0.1) is 5.41 Å². The molecule has 0 aliphatic heterocycles. The first-order valence-electron chi connectivity index (χ1n) is 7.99. The molecule has 23 heavy (non-hydrogen) atoms. The van der Waals surface area contributed by atoms with Crippen LogP contribution in [0.2, 0.25) is 0 Å². The zero-order chi connectivity index (χ0) is 18.3. The molecule has 134 valence electrons. The van der Waals surface area contributed by atoms with Crippen LogP contribution in [0.4, 0.5) is 0 Å². The third-order valence-electron chi connectivity index (χ3n) is 2.79. The fourth-order valence-electron chi connectivity index (χ4n) is 1.46. The highest BCUT2D eigenvalue weighted by atomic mass is 16.2. The van der Waals surface area contributed by atoms with Gasteiger partial charge in [0, 0.05) is 32.0 Å². The molecule has 0 heterocycles. The Morgan fingerprint density at radius 3 is 2.09 bits per heavy atom. The largest absolute Gasteiger partial charge is 0.376 e. The Kier molecular flexibility index (Phi) is 13.9. The summed E-state index contributed by atoms with van der Waals surface area (Å²) in [6, 6.07) is 0. The molecule has 3 N–H and O–H groups in total. The summed E-state index contributed by atoms with van der Waals surface area (Å²) in [4.78, 5) is 37.2. The van der Waals surface area contributed by atoms with Crippen LogP contribution in [-0.4, -0.2) is 50.1 Å². The Labute approximate surface area is 139 Å². The SMILES string of the molecule is CC.CC(=O)CN=CNCCC(C)(C)C(=O)NCCNC(C)=O. The van der Waals surface area contributed by atoms with Crippen molar-refractivity contribution in [1.29, 1.82) is 0 Å². The molecule has 0 fully saturated rings. The van der Waals surface area contributed by atoms with E-state index < -0.39 is 5.41 Å². The second-order valence-electron chi connectivity index (χ2n) is 5.50. The summed E-state index contributed by atoms with van der Waals surface area (Å²) in [6.45, 7) is 12.2. The van der Waals surface area contributed by atoms with Crippen LogP contribution in [0.5, 0.6) is 0 Å². The summed E-state index contributed by atoms with van der Waals surface area (Å²) in [5.41, 5.74) is -0.516. The van der Waals surface area contributed by atoms with E-state index in [4.69, 9.17) is 0 Å². The first-order chi connectivity index (χ1) is 10.8. The van der Waals surface area contributed by atoms with Crippen LogP contribution in [0.15, 0.2) is 4.99 Å². The van der Waals surface area contributed by atoms with E-state index in [1.165, 1.54) is 20.2 Å². The number of ketones is 1. The lowest BCUT2D eigenvalue weighted by atomic mass is 9.88. The molecule has 0 rings (SSSR count). The van der Waals surface area contributed by atoms with Gasteiger partial charge in [0.05, 0.1) is 12.9 Å². The van der Waals surface area contributed by atoms with Gasteiger partial charge in [-0.15, -0.1) is 0 Å². The Morgan fingerprint density at radius 2 is 1.57 bits per heavy atom. The van der Waals surface area contributed by atoms with E-state index in [1.807, 2.05) is 27.7 Å². The zero-order valence-electron chi connectivity index (χ0n) is 15.3. The van der Waals surface area contributed by atoms with Gasteiger partial charge in [-0.1, -0.05) is 27.7 Å². The lowest BCUT2D eigenvalue weighted by Gasteiger charge is -2.23. The number of nitrogens with one attached hydrogen (secondary N) is 3. The third-order valence-corrected chi connectivity index (χ3v) is 2.79. The summed E-state index contributed by atoms with van der Waals surface area (Å²) in [6.07, 6.45) is 2.12. The number of Topliss-reactive ketones (excluding diaryl/α,β-unsaturated/α-hetero) is 1. The summed E-state index contributed by atoms with van der Waals surface area (Å²) in [7, 11) is 0. The van der Waals surface area contributed by atoms with Gasteiger partial charge in [-0.2, -0.15) is 0 Å². The van der Waals surface area contributed by atoms with Gasteiger partial charge >= 0.3 is 0 Å². The number of hydrogen-bond acceptors (Lipinski definition) is 4. The fraction of sp³-hybridized carbons (Fsp3) is 0.750. The van der Waals surface area contributed by atoms with Crippen molar-refractivity contribution in [1.82, 2.24) is 16.0 Å². The van der Waals surface area contributed by atoms with Gasteiger partial charge < -0.3 is 16.0 Å². The lowest BCUT2D eigenvalue weighted by molar-refractivity contribution is -0.129. The quantitative estimate of drug-likeness (QED) is 0.315. The molecule has 0 aromatic rings. The van der Waals surface area contributed by atoms with E-state index in [9.17, 15) is 14.4 Å². The van der Waals surface area contributed by atoms with Gasteiger partial charge in [0.1, 0.15) is 0 Å². The first kappa shape index (κ1) is 23.3. The standard InChI is InChI=1S/C14H26N4O3.C2H6/c1-11(19)9-16-10-15-6-5-14(3,4)13(21)18-8-7-17-12(2)20;1-2/h10H,5-9H2,1-4H3,(H,15,16)(H,17,20)(H,18,21);1-2H3. The van der Waals surface area contributed by atoms with E-state index in [-0.39, 0.29) is 24.1 Å². The minimum absolute atomic E-state index is 0.00641. The molecular weight excluding hydrogens is 296 g/mol. The predicted octanol–water partition coefficient (Wildman–Crippen LogP) is 0.888. The van der Waals surface area contributed by atoms with E-state index >= 15 is 0 Å². The highest BCUT2D eigenvalue weighted by Gasteiger charge is 2.26. The highest BCUT2D eigenvalue weighted by molar-refractivity contribution is 5.82. The van der Waals surface area contributed by atoms with Gasteiger partial charge in [0.25, 0.3) is 0 Å². The van der Waals surface area contributed by atoms with Crippen LogP contribution >= 0.6 is 0 Å². The molecule has 0 aromatic heterocycles. The van der Waals surface area contributed by atoms with Crippen molar-refractivity contribution < 1.29 is 14.4 Å². The van der Waals surface area contributed by atoms with E-state index in [0.29, 0.717) is 26.1 Å². The second-order valence-corrected chi connectivity index (χ2v) is 5.50. The summed E-state index contributed by atoms with van der Waals surface area (Å²) in [5, 5.41) is 8.36. The maximum atomic E-state index is 12.0. The van der Waals surface area contributed by atoms with Crippen LogP contribution in [-0.2, 0) is 14.4 Å². The molecule has 0 radical (unpaired) electrons. The van der Waals surface area contributed by atoms with Gasteiger partial charge in [-0.25, -0.2) is 0 Å². The van der Waals surface area contributed by atoms with Crippen molar-refractivity contribution in [3.8, 4) is 0 Å². The molecule has 0 aliphatic rings. The minimum Gasteiger partial charge on any atom is -0.376 e. The van der Waals surface area contributed by atoms with Crippen molar-refractivity contribution in [3.05, 3.63) is 0 Å². The summed E-state index contributed by atoms with van der Waals surface area (Å²) >= 11 is 0. The van der Waals surface area contributed by atoms with Crippen LogP contribution in [0.1, 0.15) is 48.0 Å². The van der Waals surface area contributed by atoms with E-state index in [0.717, 1.165) is 0 Å². The molecular formula is C16H32N4O3. The maximum absolute atomic E-state index is 12.0. The van der Waals surface area contributed by atoms with Crippen LogP contribution in [0.3, 0.4) is 0 Å². The summed E-state index contributed by atoms with van der Waals surface area (Å²) in [5.74, 6) is -0.167. The van der Waals surface area contributed by atoms with Gasteiger partial charge in [0.2, 0.25) is 11.8 Å². The number of hydrogen-bond donors (Lipinski definition) is 3. The highest BCUT2D eigenvalue weighted by Crippen LogP contribution is 2.19. The Balaban J connectivity index is 0. The topological polar surface area (TPSA) is 99.7 Å². The number of carbonyl (C=O) groups is 3. The summed E-state index contributed by atoms with van der Waals surface area (Å²) < 4.78 is 0. The molecule has 0 spiro atoms. The molecule has 2 amide bonds. The fourth-order valence-corrected chi connectivity index (χ4v) is 1.46. The smallest absolute Gasteiger partial charge is 0.225 e. The van der Waals surface area contributed by atoms with Crippen molar-refractivity contribution in [2.45, 2.75) is 48.0 Å². The molecule has 0 unspecified atom stereocenters. The molecule has 0 aliphatic carbocycles. The Morgan fingerprint density at radius 1 is 1.00 bits per heavy atom. The third kappa shape index (κ3) is 14.8. The predicted molar refractivity (Wildman–Crippen MR) is 93.5 cm³/mol. The molecule has 7 heteroatoms. The normalized spacial score (nSPS) is 10.5. The molecule has 0 atom stereocenters. The first-order valence-corrected chi connectivity index (χ1v) is 7.99. The van der Waals surface area contributed by atoms with E-state index in [2.05, 4.69) is 20.9 Å². The van der Waals surface area contributed by atoms with Crippen LogP contribution in [0.25, 0.3) is 0 Å². The van der Waals surface area contributed by atoms with Gasteiger partial charge in [-0.3, -0.25) is 19.4 Å². The van der Waals surface area contributed by atoms with Gasteiger partial charge in [-0.05, 0) is 13.3 Å². The molecule has 0 saturated carbocycles. The van der Waals surface area contributed by atoms with Crippen molar-refractivity contribution in [3.63, 3.8) is 0 Å². The number of amides is 2. The van der Waals surface area contributed by atoms with E-state index in [1.54, 1.807) is 0 Å². The molecule has 0 saturated heterocycles. The van der Waals surface area contributed by atoms with Crippen molar-refractivity contribution >= 4 is 23.9 Å². The Bertz CT molecular complexity index is 393. The monoisotopic (exact) mass is 328 g/mol. The second kappa shape index (κ2) is 13.7. The van der Waals surface area contributed by atoms with Crippen molar-refractivity contribution in [2.24, 2.45) is 10.4 Å². The number of rotatable bonds is 10. The molecule has 7 nitrogen and oxygen atoms in total. The Hall–Kier alpha value is -1.92. The minimum atomic E-state index is -0.516. The van der Waals surface area contributed by atoms with Crippen LogP contribution < -0.4 is 16.0 Å². The zero-order valence-corrected chi connectivity index (χ0v) is 15.3. The van der Waals surface area contributed by atoms with Crippen molar-refractivity contribution in [2.75, 3.05) is 26.2 Å². The molecule has 0 bridgehead atoms. The number of carbonyl (C=O) groups excluding carboxylic acids is 3. The molecule has 0 aromatic carbocycles. The average Bonchev–Trinajstić information content (AvgIpc) is 2.48. The number of nitrogens with zero attached hydrogens (tertiary/aromatic N) is 1. The average molecular weight is 328 g/mol. The number of aliphatic imine (C=N–C) groups is 1. The van der Waals surface area contributed by atoms with Gasteiger partial charge in [0.15, 0.2) is 5.78 Å². The maximum Gasteiger partial charge on any atom is 0.225 e. The lowest BCUT2D eigenvalue weighted by Crippen LogP contribution is -2.42.